The largest absolute Gasteiger partial charge is 0.352 e. The number of amides is 2. The van der Waals surface area contributed by atoms with Gasteiger partial charge in [0.1, 0.15) is 11.9 Å². The molecule has 2 amide bonds. The van der Waals surface area contributed by atoms with Crippen LogP contribution in [0.5, 0.6) is 0 Å². The zero-order valence-electron chi connectivity index (χ0n) is 21.2. The highest BCUT2D eigenvalue weighted by Crippen LogP contribution is 2.21. The molecule has 0 spiro atoms. The monoisotopic (exact) mass is 518 g/mol. The topological polar surface area (TPSA) is 49.4 Å². The number of thioether (sulfide) groups is 1. The van der Waals surface area contributed by atoms with Crippen LogP contribution >= 0.6 is 11.8 Å². The maximum absolute atomic E-state index is 13.7. The Kier molecular flexibility index (Phi) is 10.2. The summed E-state index contributed by atoms with van der Waals surface area (Å²) in [5.41, 5.74) is 3.03. The van der Waals surface area contributed by atoms with E-state index in [1.54, 1.807) is 28.8 Å². The lowest BCUT2D eigenvalue weighted by molar-refractivity contribution is -0.141. The van der Waals surface area contributed by atoms with Crippen molar-refractivity contribution in [1.82, 2.24) is 10.2 Å². The van der Waals surface area contributed by atoms with E-state index in [9.17, 15) is 14.0 Å². The van der Waals surface area contributed by atoms with Crippen molar-refractivity contribution in [2.75, 3.05) is 5.75 Å². The summed E-state index contributed by atoms with van der Waals surface area (Å²) in [6.07, 6.45) is 4.96. The Bertz CT molecular complexity index is 1120. The molecule has 0 unspecified atom stereocenters. The van der Waals surface area contributed by atoms with Gasteiger partial charge in [0.05, 0.1) is 0 Å². The molecule has 0 aromatic heterocycles. The van der Waals surface area contributed by atoms with E-state index < -0.39 is 6.04 Å². The van der Waals surface area contributed by atoms with Gasteiger partial charge in [-0.05, 0) is 41.7 Å². The predicted molar refractivity (Wildman–Crippen MR) is 149 cm³/mol. The van der Waals surface area contributed by atoms with Crippen LogP contribution in [0.15, 0.2) is 84.9 Å². The van der Waals surface area contributed by atoms with E-state index >= 15 is 0 Å². The Hall–Kier alpha value is -3.12. The summed E-state index contributed by atoms with van der Waals surface area (Å²) >= 11 is 1.71. The summed E-state index contributed by atoms with van der Waals surface area (Å²) in [6, 6.07) is 25.7. The zero-order valence-corrected chi connectivity index (χ0v) is 22.0. The first-order valence-corrected chi connectivity index (χ1v) is 14.2. The number of rotatable bonds is 12. The van der Waals surface area contributed by atoms with E-state index in [4.69, 9.17) is 0 Å². The number of benzene rings is 3. The Balaban J connectivity index is 1.52. The van der Waals surface area contributed by atoms with Gasteiger partial charge in [-0.1, -0.05) is 85.6 Å². The van der Waals surface area contributed by atoms with E-state index in [0.29, 0.717) is 18.6 Å². The molecule has 0 saturated heterocycles. The highest BCUT2D eigenvalue weighted by Gasteiger charge is 2.32. The molecule has 194 valence electrons. The van der Waals surface area contributed by atoms with Gasteiger partial charge in [0, 0.05) is 36.9 Å². The van der Waals surface area contributed by atoms with Crippen LogP contribution in [0.2, 0.25) is 0 Å². The van der Waals surface area contributed by atoms with Crippen LogP contribution in [0.3, 0.4) is 0 Å². The van der Waals surface area contributed by atoms with Crippen LogP contribution in [0.25, 0.3) is 0 Å². The lowest BCUT2D eigenvalue weighted by Gasteiger charge is -2.32. The Morgan fingerprint density at radius 3 is 2.14 bits per heavy atom. The van der Waals surface area contributed by atoms with Crippen molar-refractivity contribution in [1.29, 1.82) is 0 Å². The number of hydrogen-bond donors (Lipinski definition) is 1. The normalized spacial score (nSPS) is 14.3. The van der Waals surface area contributed by atoms with E-state index in [0.717, 1.165) is 42.6 Å². The molecule has 3 aromatic carbocycles. The summed E-state index contributed by atoms with van der Waals surface area (Å²) in [6.45, 7) is 0.262. The molecule has 0 bridgehead atoms. The molecule has 37 heavy (non-hydrogen) atoms. The number of nitrogens with one attached hydrogen (secondary N) is 1. The third-order valence-electron chi connectivity index (χ3n) is 6.81. The second-order valence-corrected chi connectivity index (χ2v) is 10.7. The van der Waals surface area contributed by atoms with Gasteiger partial charge in [-0.25, -0.2) is 4.39 Å². The number of carbonyl (C=O) groups excluding carboxylic acids is 2. The molecule has 0 heterocycles. The maximum atomic E-state index is 13.7. The first-order chi connectivity index (χ1) is 18.1. The summed E-state index contributed by atoms with van der Waals surface area (Å²) < 4.78 is 13.6. The average molecular weight is 519 g/mol. The lowest BCUT2D eigenvalue weighted by atomic mass is 10.0. The van der Waals surface area contributed by atoms with Crippen LogP contribution in [-0.2, 0) is 28.3 Å². The van der Waals surface area contributed by atoms with Crippen molar-refractivity contribution in [3.05, 3.63) is 107 Å². The molecule has 0 radical (unpaired) electrons. The van der Waals surface area contributed by atoms with Crippen molar-refractivity contribution < 1.29 is 14.0 Å². The molecule has 0 aliphatic heterocycles. The van der Waals surface area contributed by atoms with Crippen molar-refractivity contribution in [3.63, 3.8) is 0 Å². The molecule has 4 rings (SSSR count). The predicted octanol–water partition coefficient (Wildman–Crippen LogP) is 6.15. The molecule has 3 aromatic rings. The number of hydrogen-bond acceptors (Lipinski definition) is 3. The van der Waals surface area contributed by atoms with Gasteiger partial charge < -0.3 is 10.2 Å². The molecular weight excluding hydrogens is 483 g/mol. The fraction of sp³-hybridized carbons (Fsp3) is 0.355. The minimum atomic E-state index is -0.639. The maximum Gasteiger partial charge on any atom is 0.243 e. The van der Waals surface area contributed by atoms with Gasteiger partial charge in [0.15, 0.2) is 0 Å². The van der Waals surface area contributed by atoms with E-state index in [2.05, 4.69) is 17.4 Å². The summed E-state index contributed by atoms with van der Waals surface area (Å²) in [7, 11) is 0. The SMILES string of the molecule is O=C(NC1CCCC1)[C@@H](Cc1ccccc1)N(Cc1ccc(F)cc1)C(=O)CCSCc1ccccc1. The Morgan fingerprint density at radius 1 is 0.865 bits per heavy atom. The third kappa shape index (κ3) is 8.46. The van der Waals surface area contributed by atoms with E-state index in [1.165, 1.54) is 17.7 Å². The van der Waals surface area contributed by atoms with E-state index in [1.807, 2.05) is 48.5 Å². The molecule has 1 aliphatic carbocycles. The molecule has 1 atom stereocenters. The zero-order chi connectivity index (χ0) is 25.9. The van der Waals surface area contributed by atoms with Crippen molar-refractivity contribution in [3.8, 4) is 0 Å². The fourth-order valence-corrected chi connectivity index (χ4v) is 5.67. The molecule has 1 aliphatic rings. The van der Waals surface area contributed by atoms with Gasteiger partial charge in [-0.15, -0.1) is 0 Å². The minimum absolute atomic E-state index is 0.0626. The Labute approximate surface area is 223 Å². The van der Waals surface area contributed by atoms with Crippen LogP contribution in [0.4, 0.5) is 4.39 Å². The summed E-state index contributed by atoms with van der Waals surface area (Å²) in [4.78, 5) is 29.0. The average Bonchev–Trinajstić information content (AvgIpc) is 3.44. The molecule has 6 heteroatoms. The van der Waals surface area contributed by atoms with Gasteiger partial charge in [0.25, 0.3) is 0 Å². The first-order valence-electron chi connectivity index (χ1n) is 13.1. The molecule has 1 fully saturated rings. The van der Waals surface area contributed by atoms with Crippen LogP contribution in [0, 0.1) is 5.82 Å². The molecule has 1 N–H and O–H groups in total. The van der Waals surface area contributed by atoms with Crippen LogP contribution in [0.1, 0.15) is 48.8 Å². The highest BCUT2D eigenvalue weighted by molar-refractivity contribution is 7.98. The van der Waals surface area contributed by atoms with E-state index in [-0.39, 0.29) is 30.2 Å². The van der Waals surface area contributed by atoms with Crippen LogP contribution in [-0.4, -0.2) is 34.6 Å². The highest BCUT2D eigenvalue weighted by atomic mass is 32.2. The summed E-state index contributed by atoms with van der Waals surface area (Å²) in [5.74, 6) is 1.01. The van der Waals surface area contributed by atoms with Crippen molar-refractivity contribution in [2.24, 2.45) is 0 Å². The number of carbonyl (C=O) groups is 2. The fourth-order valence-electron chi connectivity index (χ4n) is 4.78. The minimum Gasteiger partial charge on any atom is -0.352 e. The second-order valence-electron chi connectivity index (χ2n) is 9.63. The van der Waals surface area contributed by atoms with Crippen LogP contribution < -0.4 is 5.32 Å². The van der Waals surface area contributed by atoms with Crippen molar-refractivity contribution >= 4 is 23.6 Å². The second kappa shape index (κ2) is 14.0. The molecule has 1 saturated carbocycles. The first kappa shape index (κ1) is 26.9. The van der Waals surface area contributed by atoms with Gasteiger partial charge in [0.2, 0.25) is 11.8 Å². The standard InChI is InChI=1S/C31H35FN2O2S/c32-27-17-15-25(16-18-27)22-34(30(35)19-20-37-23-26-11-5-2-6-12-26)29(21-24-9-3-1-4-10-24)31(36)33-28-13-7-8-14-28/h1-6,9-12,15-18,28-29H,7-8,13-14,19-23H2,(H,33,36)/t29-/m1/s1. The van der Waals surface area contributed by atoms with Crippen molar-refractivity contribution in [2.45, 2.75) is 62.9 Å². The number of halogens is 1. The van der Waals surface area contributed by atoms with Gasteiger partial charge in [-0.3, -0.25) is 9.59 Å². The molecule has 4 nitrogen and oxygen atoms in total. The number of nitrogens with zero attached hydrogens (tertiary/aromatic N) is 1. The molecular formula is C31H35FN2O2S. The third-order valence-corrected chi connectivity index (χ3v) is 7.84. The Morgan fingerprint density at radius 2 is 1.49 bits per heavy atom. The summed E-state index contributed by atoms with van der Waals surface area (Å²) in [5, 5.41) is 3.22. The van der Waals surface area contributed by atoms with Gasteiger partial charge >= 0.3 is 0 Å². The quantitative estimate of drug-likeness (QED) is 0.293. The van der Waals surface area contributed by atoms with Gasteiger partial charge in [-0.2, -0.15) is 11.8 Å². The lowest BCUT2D eigenvalue weighted by Crippen LogP contribution is -2.52. The smallest absolute Gasteiger partial charge is 0.243 e.